The van der Waals surface area contributed by atoms with Gasteiger partial charge in [-0.05, 0) is 12.1 Å². The van der Waals surface area contributed by atoms with Crippen LogP contribution in [0.4, 0.5) is 10.1 Å². The summed E-state index contributed by atoms with van der Waals surface area (Å²) in [5, 5.41) is 37.1. The second-order valence-electron chi connectivity index (χ2n) is 2.87. The predicted molar refractivity (Wildman–Crippen MR) is 55.6 cm³/mol. The molecule has 0 spiro atoms. The van der Waals surface area contributed by atoms with Crippen LogP contribution in [0.25, 0.3) is 0 Å². The van der Waals surface area contributed by atoms with Crippen LogP contribution in [-0.2, 0) is 0 Å². The summed E-state index contributed by atoms with van der Waals surface area (Å²) in [4.78, 5) is 0. The van der Waals surface area contributed by atoms with Gasteiger partial charge in [-0.1, -0.05) is 0 Å². The van der Waals surface area contributed by atoms with Crippen LogP contribution >= 0.6 is 0 Å². The predicted octanol–water partition coefficient (Wildman–Crippen LogP) is 1.77. The number of aromatic hydroxyl groups is 1. The highest BCUT2D eigenvalue weighted by molar-refractivity contribution is 5.59. The first-order valence-corrected chi connectivity index (χ1v) is 4.32. The molecule has 0 aromatic heterocycles. The molecule has 1 rings (SSSR count). The van der Waals surface area contributed by atoms with Crippen molar-refractivity contribution in [1.82, 2.24) is 0 Å². The van der Waals surface area contributed by atoms with Gasteiger partial charge in [-0.2, -0.15) is 15.8 Å². The molecule has 0 amide bonds. The number of phenolic OH excluding ortho intramolecular Hbond substituents is 1. The van der Waals surface area contributed by atoms with E-state index < -0.39 is 11.4 Å². The summed E-state index contributed by atoms with van der Waals surface area (Å²) in [6.45, 7) is 0. The molecule has 0 aliphatic carbocycles. The quantitative estimate of drug-likeness (QED) is 0.593. The Morgan fingerprint density at radius 2 is 1.82 bits per heavy atom. The average molecular weight is 228 g/mol. The van der Waals surface area contributed by atoms with E-state index in [0.29, 0.717) is 0 Å². The molecule has 0 atom stereocenters. The van der Waals surface area contributed by atoms with Crippen molar-refractivity contribution >= 4 is 5.69 Å². The third kappa shape index (κ3) is 2.71. The first-order chi connectivity index (χ1) is 8.12. The molecule has 5 nitrogen and oxygen atoms in total. The van der Waals surface area contributed by atoms with Gasteiger partial charge in [0.1, 0.15) is 35.5 Å². The Bertz CT molecular complexity index is 585. The first kappa shape index (κ1) is 12.0. The lowest BCUT2D eigenvalue weighted by Gasteiger charge is -2.05. The minimum Gasteiger partial charge on any atom is -0.508 e. The number of nitrogens with one attached hydrogen (secondary N) is 1. The lowest BCUT2D eigenvalue weighted by molar-refractivity contribution is 0.469. The summed E-state index contributed by atoms with van der Waals surface area (Å²) in [5.74, 6) is -1.07. The van der Waals surface area contributed by atoms with Crippen LogP contribution in [0.5, 0.6) is 5.75 Å². The molecule has 0 saturated heterocycles. The first-order valence-electron chi connectivity index (χ1n) is 4.32. The molecule has 82 valence electrons. The molecule has 6 heteroatoms. The number of nitrogens with zero attached hydrogens (tertiary/aromatic N) is 3. The van der Waals surface area contributed by atoms with Crippen molar-refractivity contribution in [3.05, 3.63) is 35.3 Å². The molecule has 1 aromatic rings. The Kier molecular flexibility index (Phi) is 3.65. The van der Waals surface area contributed by atoms with E-state index >= 15 is 0 Å². The van der Waals surface area contributed by atoms with Gasteiger partial charge in [-0.25, -0.2) is 4.39 Å². The van der Waals surface area contributed by atoms with E-state index in [9.17, 15) is 4.39 Å². The SMILES string of the molecule is N#CC(C#N)=C(C#N)Nc1ccc(O)cc1F. The maximum Gasteiger partial charge on any atom is 0.163 e. The number of benzene rings is 1. The maximum absolute atomic E-state index is 13.3. The van der Waals surface area contributed by atoms with Crippen molar-refractivity contribution in [1.29, 1.82) is 15.8 Å². The lowest BCUT2D eigenvalue weighted by Crippen LogP contribution is -2.02. The van der Waals surface area contributed by atoms with E-state index in [-0.39, 0.29) is 17.1 Å². The van der Waals surface area contributed by atoms with Crippen LogP contribution in [0.2, 0.25) is 0 Å². The molecular weight excluding hydrogens is 223 g/mol. The van der Waals surface area contributed by atoms with Crippen LogP contribution in [0.3, 0.4) is 0 Å². The molecule has 0 heterocycles. The molecule has 17 heavy (non-hydrogen) atoms. The molecule has 0 saturated carbocycles. The van der Waals surface area contributed by atoms with Gasteiger partial charge in [0.2, 0.25) is 0 Å². The van der Waals surface area contributed by atoms with Crippen LogP contribution in [-0.4, -0.2) is 5.11 Å². The number of anilines is 1. The van der Waals surface area contributed by atoms with Crippen LogP contribution < -0.4 is 5.32 Å². The molecule has 0 radical (unpaired) electrons. The molecule has 0 bridgehead atoms. The number of nitriles is 3. The third-order valence-electron chi connectivity index (χ3n) is 1.80. The second kappa shape index (κ2) is 5.16. The van der Waals surface area contributed by atoms with Gasteiger partial charge < -0.3 is 10.4 Å². The van der Waals surface area contributed by atoms with Gasteiger partial charge in [0.15, 0.2) is 5.57 Å². The highest BCUT2D eigenvalue weighted by atomic mass is 19.1. The zero-order valence-electron chi connectivity index (χ0n) is 8.40. The molecule has 1 aromatic carbocycles. The largest absolute Gasteiger partial charge is 0.508 e. The normalized spacial score (nSPS) is 8.35. The van der Waals surface area contributed by atoms with E-state index in [1.165, 1.54) is 24.3 Å². The number of allylic oxidation sites excluding steroid dienone is 2. The summed E-state index contributed by atoms with van der Waals surface area (Å²) in [6, 6.07) is 7.86. The standard InChI is InChI=1S/C11H5FN4O/c12-9-3-8(17)1-2-10(9)16-11(6-15)7(4-13)5-14/h1-3,16-17H. The van der Waals surface area contributed by atoms with E-state index in [0.717, 1.165) is 6.07 Å². The number of hydrogen-bond donors (Lipinski definition) is 2. The highest BCUT2D eigenvalue weighted by Gasteiger charge is 2.09. The van der Waals surface area contributed by atoms with Gasteiger partial charge in [-0.15, -0.1) is 0 Å². The number of hydrogen-bond acceptors (Lipinski definition) is 5. The maximum atomic E-state index is 13.3. The van der Waals surface area contributed by atoms with Crippen molar-refractivity contribution in [2.24, 2.45) is 0 Å². The average Bonchev–Trinajstić information content (AvgIpc) is 2.32. The molecule has 0 fully saturated rings. The van der Waals surface area contributed by atoms with Crippen LogP contribution in [0.1, 0.15) is 0 Å². The topological polar surface area (TPSA) is 104 Å². The fourth-order valence-corrected chi connectivity index (χ4v) is 1.02. The lowest BCUT2D eigenvalue weighted by atomic mass is 10.2. The minimum atomic E-state index is -0.798. The molecule has 0 aliphatic heterocycles. The highest BCUT2D eigenvalue weighted by Crippen LogP contribution is 2.21. The van der Waals surface area contributed by atoms with Gasteiger partial charge in [0, 0.05) is 6.07 Å². The Morgan fingerprint density at radius 1 is 1.18 bits per heavy atom. The van der Waals surface area contributed by atoms with Crippen molar-refractivity contribution in [2.45, 2.75) is 0 Å². The van der Waals surface area contributed by atoms with Crippen molar-refractivity contribution in [2.75, 3.05) is 5.32 Å². The van der Waals surface area contributed by atoms with E-state index in [2.05, 4.69) is 5.32 Å². The van der Waals surface area contributed by atoms with Gasteiger partial charge in [0.25, 0.3) is 0 Å². The van der Waals surface area contributed by atoms with E-state index in [1.807, 2.05) is 0 Å². The van der Waals surface area contributed by atoms with E-state index in [4.69, 9.17) is 20.9 Å². The fraction of sp³-hybridized carbons (Fsp3) is 0. The van der Waals surface area contributed by atoms with Gasteiger partial charge in [-0.3, -0.25) is 0 Å². The fourth-order valence-electron chi connectivity index (χ4n) is 1.02. The Morgan fingerprint density at radius 3 is 2.29 bits per heavy atom. The number of phenols is 1. The summed E-state index contributed by atoms with van der Waals surface area (Å²) >= 11 is 0. The number of rotatable bonds is 2. The monoisotopic (exact) mass is 228 g/mol. The van der Waals surface area contributed by atoms with Crippen molar-refractivity contribution < 1.29 is 9.50 Å². The summed E-state index contributed by atoms with van der Waals surface area (Å²) in [6.07, 6.45) is 0. The summed E-state index contributed by atoms with van der Waals surface area (Å²) in [7, 11) is 0. The van der Waals surface area contributed by atoms with Crippen LogP contribution in [0.15, 0.2) is 29.5 Å². The second-order valence-corrected chi connectivity index (χ2v) is 2.87. The molecular formula is C11H5FN4O. The Balaban J connectivity index is 3.16. The minimum absolute atomic E-state index is 0.109. The summed E-state index contributed by atoms with van der Waals surface area (Å²) < 4.78 is 13.3. The van der Waals surface area contributed by atoms with Gasteiger partial charge in [0.05, 0.1) is 5.69 Å². The Labute approximate surface area is 96.3 Å². The zero-order chi connectivity index (χ0) is 12.8. The molecule has 2 N–H and O–H groups in total. The Hall–Kier alpha value is -3.04. The molecule has 0 aliphatic rings. The van der Waals surface area contributed by atoms with E-state index in [1.54, 1.807) is 6.07 Å². The molecule has 0 unspecified atom stereocenters. The number of halogens is 1. The van der Waals surface area contributed by atoms with Crippen molar-refractivity contribution in [3.8, 4) is 24.0 Å². The summed E-state index contributed by atoms with van der Waals surface area (Å²) in [5.41, 5.74) is -0.901. The third-order valence-corrected chi connectivity index (χ3v) is 1.80. The smallest absolute Gasteiger partial charge is 0.163 e. The van der Waals surface area contributed by atoms with Crippen LogP contribution in [0, 0.1) is 39.8 Å². The van der Waals surface area contributed by atoms with Gasteiger partial charge >= 0.3 is 0 Å². The van der Waals surface area contributed by atoms with Crippen molar-refractivity contribution in [3.63, 3.8) is 0 Å². The zero-order valence-corrected chi connectivity index (χ0v) is 8.40.